The van der Waals surface area contributed by atoms with Crippen molar-refractivity contribution in [1.82, 2.24) is 9.99 Å². The molecule has 1 heterocycles. The fourth-order valence-corrected chi connectivity index (χ4v) is 8.89. The van der Waals surface area contributed by atoms with E-state index in [1.54, 1.807) is 21.1 Å². The van der Waals surface area contributed by atoms with E-state index >= 15 is 0 Å². The summed E-state index contributed by atoms with van der Waals surface area (Å²) in [7, 11) is 1.65. The highest BCUT2D eigenvalue weighted by molar-refractivity contribution is 7.44. The van der Waals surface area contributed by atoms with E-state index in [1.165, 1.54) is 0 Å². The van der Waals surface area contributed by atoms with E-state index in [4.69, 9.17) is 44.0 Å². The van der Waals surface area contributed by atoms with Crippen LogP contribution in [0.4, 0.5) is 13.2 Å². The second-order valence-corrected chi connectivity index (χ2v) is 16.2. The predicted molar refractivity (Wildman–Crippen MR) is 222 cm³/mol. The summed E-state index contributed by atoms with van der Waals surface area (Å²) in [5.74, 6) is -1.48. The lowest BCUT2D eigenvalue weighted by Gasteiger charge is -2.45. The van der Waals surface area contributed by atoms with Crippen molar-refractivity contribution < 1.29 is 55.4 Å². The van der Waals surface area contributed by atoms with Crippen LogP contribution in [0.2, 0.25) is 0 Å². The summed E-state index contributed by atoms with van der Waals surface area (Å²) in [5.41, 5.74) is 1.23. The summed E-state index contributed by atoms with van der Waals surface area (Å²) in [6.45, 7) is 19.3. The van der Waals surface area contributed by atoms with E-state index in [1.807, 2.05) is 113 Å². The average molecular weight is 862 g/mol. The Labute approximate surface area is 353 Å². The summed E-state index contributed by atoms with van der Waals surface area (Å²) in [4.78, 5) is 15.8. The molecule has 6 atom stereocenters. The number of hydrogen-bond acceptors (Lipinski definition) is 10. The molecule has 60 heavy (non-hydrogen) atoms. The van der Waals surface area contributed by atoms with E-state index in [0.29, 0.717) is 17.9 Å². The third kappa shape index (κ3) is 12.6. The van der Waals surface area contributed by atoms with Crippen molar-refractivity contribution in [3.8, 4) is 11.5 Å². The zero-order chi connectivity index (χ0) is 43.9. The molecule has 3 aromatic rings. The Morgan fingerprint density at radius 3 is 1.85 bits per heavy atom. The van der Waals surface area contributed by atoms with Gasteiger partial charge < -0.3 is 47.6 Å². The van der Waals surface area contributed by atoms with Gasteiger partial charge in [0.2, 0.25) is 6.54 Å². The molecule has 0 radical (unpaired) electrons. The van der Waals surface area contributed by atoms with Crippen LogP contribution in [0.25, 0.3) is 4.85 Å². The molecule has 1 aliphatic heterocycles. The maximum absolute atomic E-state index is 13.7. The summed E-state index contributed by atoms with van der Waals surface area (Å²) in [6, 6.07) is 23.6. The molecule has 3 aromatic carbocycles. The number of amides is 1. The molecule has 330 valence electrons. The van der Waals surface area contributed by atoms with Crippen molar-refractivity contribution in [2.24, 2.45) is 5.92 Å². The van der Waals surface area contributed by atoms with Gasteiger partial charge in [-0.3, -0.25) is 4.79 Å². The topological polar surface area (TPSA) is 111 Å². The molecule has 1 saturated heterocycles. The monoisotopic (exact) mass is 861 g/mol. The van der Waals surface area contributed by atoms with Crippen LogP contribution in [0.1, 0.15) is 64.7 Å². The molecule has 0 saturated carbocycles. The molecular weight excluding hydrogens is 802 g/mol. The normalized spacial score (nSPS) is 20.2. The van der Waals surface area contributed by atoms with Gasteiger partial charge in [0, 0.05) is 18.0 Å². The molecule has 0 spiro atoms. The second kappa shape index (κ2) is 23.4. The van der Waals surface area contributed by atoms with Gasteiger partial charge >= 0.3 is 12.1 Å². The van der Waals surface area contributed by atoms with Crippen molar-refractivity contribution in [1.29, 1.82) is 0 Å². The van der Waals surface area contributed by atoms with Crippen LogP contribution in [0.3, 0.4) is 0 Å². The van der Waals surface area contributed by atoms with E-state index in [-0.39, 0.29) is 51.7 Å². The highest BCUT2D eigenvalue weighted by Crippen LogP contribution is 2.46. The van der Waals surface area contributed by atoms with Crippen LogP contribution in [0.15, 0.2) is 78.9 Å². The SMILES string of the molecule is [C-]#[N+]CCOP(OCCOC1C(CC)OC(OCCOC(c2ccccc2)(c2ccc(OC)cc2)c2ccc(OC)cc2)C(NC(=O)C(F)(F)F)C1C)N(C(C)C)C(C)C. The van der Waals surface area contributed by atoms with Gasteiger partial charge in [-0.25, -0.2) is 11.2 Å². The number of methoxy groups -OCH3 is 2. The number of nitrogens with one attached hydrogen (secondary N) is 1. The van der Waals surface area contributed by atoms with Crippen LogP contribution >= 0.6 is 8.53 Å². The van der Waals surface area contributed by atoms with Gasteiger partial charge in [-0.2, -0.15) is 13.2 Å². The third-order valence-electron chi connectivity index (χ3n) is 10.1. The Bertz CT molecular complexity index is 1710. The van der Waals surface area contributed by atoms with Gasteiger partial charge in [0.05, 0.1) is 58.9 Å². The van der Waals surface area contributed by atoms with E-state index in [2.05, 4.69) is 14.8 Å². The van der Waals surface area contributed by atoms with Gasteiger partial charge in [0.1, 0.15) is 23.7 Å². The maximum Gasteiger partial charge on any atom is 0.471 e. The summed E-state index contributed by atoms with van der Waals surface area (Å²) in [6.07, 6.45) is -7.28. The molecular formula is C44H59F3N3O9P. The van der Waals surface area contributed by atoms with Crippen LogP contribution in [-0.2, 0) is 38.4 Å². The number of nitrogens with zero attached hydrogens (tertiary/aromatic N) is 2. The quantitative estimate of drug-likeness (QED) is 0.0432. The molecule has 1 aliphatic rings. The number of rotatable bonds is 23. The average Bonchev–Trinajstić information content (AvgIpc) is 3.23. The predicted octanol–water partition coefficient (Wildman–Crippen LogP) is 8.53. The zero-order valence-corrected chi connectivity index (χ0v) is 36.5. The minimum absolute atomic E-state index is 0.0279. The molecule has 0 bridgehead atoms. The number of carbonyl (C=O) groups is 1. The first-order valence-electron chi connectivity index (χ1n) is 20.1. The number of carbonyl (C=O) groups excluding carboxylic acids is 1. The Balaban J connectivity index is 1.55. The maximum atomic E-state index is 13.7. The van der Waals surface area contributed by atoms with Crippen molar-refractivity contribution >= 4 is 14.4 Å². The standard InChI is InChI=1S/C44H59F3N3O9P/c1-10-38-40(54-27-29-58-60(57-25-24-48-7)50(30(2)3)31(4)5)32(6)39(49-42(51)44(45,46)47)41(59-38)55-26-28-56-43(33-14-12-11-13-15-33,34-16-20-36(52-8)21-17-34)35-18-22-37(53-9)23-19-35/h11-23,30-32,38-41H,10,24-29H2,1-6,8-9H3,(H,49,51). The molecule has 0 aliphatic carbocycles. The highest BCUT2D eigenvalue weighted by Gasteiger charge is 2.49. The molecule has 1 amide bonds. The summed E-state index contributed by atoms with van der Waals surface area (Å²) in [5, 5.41) is 2.13. The fourth-order valence-electron chi connectivity index (χ4n) is 7.33. The van der Waals surface area contributed by atoms with Crippen molar-refractivity contribution in [2.45, 2.75) is 96.4 Å². The number of ether oxygens (including phenoxy) is 6. The van der Waals surface area contributed by atoms with Crippen molar-refractivity contribution in [2.75, 3.05) is 53.8 Å². The van der Waals surface area contributed by atoms with Crippen molar-refractivity contribution in [3.63, 3.8) is 0 Å². The molecule has 0 aromatic heterocycles. The van der Waals surface area contributed by atoms with E-state index < -0.39 is 56.7 Å². The highest BCUT2D eigenvalue weighted by atomic mass is 31.2. The third-order valence-corrected chi connectivity index (χ3v) is 12.2. The Morgan fingerprint density at radius 2 is 1.35 bits per heavy atom. The van der Waals surface area contributed by atoms with Gasteiger partial charge in [0.25, 0.3) is 8.53 Å². The van der Waals surface area contributed by atoms with Crippen LogP contribution < -0.4 is 14.8 Å². The summed E-state index contributed by atoms with van der Waals surface area (Å²) >= 11 is 0. The number of halogens is 3. The first kappa shape index (κ1) is 48.8. The van der Waals surface area contributed by atoms with Gasteiger partial charge in [-0.05, 0) is 75.1 Å². The Kier molecular flexibility index (Phi) is 19.0. The zero-order valence-electron chi connectivity index (χ0n) is 35.6. The minimum atomic E-state index is -5.14. The van der Waals surface area contributed by atoms with Crippen LogP contribution in [-0.4, -0.2) is 107 Å². The summed E-state index contributed by atoms with van der Waals surface area (Å²) < 4.78 is 92.0. The first-order valence-corrected chi connectivity index (χ1v) is 21.3. The lowest BCUT2D eigenvalue weighted by atomic mass is 9.80. The number of benzene rings is 3. The Morgan fingerprint density at radius 1 is 0.817 bits per heavy atom. The second-order valence-electron chi connectivity index (χ2n) is 14.7. The van der Waals surface area contributed by atoms with E-state index in [9.17, 15) is 18.0 Å². The van der Waals surface area contributed by atoms with Crippen molar-refractivity contribution in [3.05, 3.63) is 107 Å². The van der Waals surface area contributed by atoms with E-state index in [0.717, 1.165) is 16.7 Å². The minimum Gasteiger partial charge on any atom is -0.497 e. The molecule has 1 N–H and O–H groups in total. The van der Waals surface area contributed by atoms with Gasteiger partial charge in [-0.1, -0.05) is 68.4 Å². The molecule has 6 unspecified atom stereocenters. The largest absolute Gasteiger partial charge is 0.497 e. The van der Waals surface area contributed by atoms with Gasteiger partial charge in [0.15, 0.2) is 6.29 Å². The number of hydrogen-bond donors (Lipinski definition) is 1. The van der Waals surface area contributed by atoms with Gasteiger partial charge in [-0.15, -0.1) is 0 Å². The number of alkyl halides is 3. The fraction of sp³-hybridized carbons (Fsp3) is 0.545. The first-order chi connectivity index (χ1) is 28.7. The Hall–Kier alpha value is -3.84. The smallest absolute Gasteiger partial charge is 0.471 e. The molecule has 1 fully saturated rings. The van der Waals surface area contributed by atoms with Crippen LogP contribution in [0.5, 0.6) is 11.5 Å². The van der Waals surface area contributed by atoms with Crippen LogP contribution in [0, 0.1) is 12.5 Å². The lowest BCUT2D eigenvalue weighted by Crippen LogP contribution is -2.62. The molecule has 12 nitrogen and oxygen atoms in total. The lowest BCUT2D eigenvalue weighted by molar-refractivity contribution is -0.264. The molecule has 16 heteroatoms. The molecule has 4 rings (SSSR count).